The summed E-state index contributed by atoms with van der Waals surface area (Å²) in [6.07, 6.45) is 2.28. The Morgan fingerprint density at radius 2 is 2.12 bits per heavy atom. The molecule has 1 heterocycles. The van der Waals surface area contributed by atoms with Gasteiger partial charge in [-0.25, -0.2) is 0 Å². The minimum atomic E-state index is -0.423. The number of benzene rings is 1. The zero-order chi connectivity index (χ0) is 12.0. The summed E-state index contributed by atoms with van der Waals surface area (Å²) in [5.74, 6) is 0.474. The number of aliphatic hydroxyl groups is 1. The summed E-state index contributed by atoms with van der Waals surface area (Å²) in [4.78, 5) is 14.0. The van der Waals surface area contributed by atoms with Crippen LogP contribution in [0.3, 0.4) is 0 Å². The van der Waals surface area contributed by atoms with Crippen LogP contribution < -0.4 is 4.90 Å². The molecule has 1 aromatic rings. The Morgan fingerprint density at radius 3 is 2.82 bits per heavy atom. The molecule has 3 heteroatoms. The first-order valence-electron chi connectivity index (χ1n) is 6.27. The number of fused-ring (bicyclic) bond motifs is 1. The highest BCUT2D eigenvalue weighted by Gasteiger charge is 2.36. The molecule has 1 atom stereocenters. The molecular formula is C14H17NO2. The molecule has 3 rings (SSSR count). The third-order valence-corrected chi connectivity index (χ3v) is 3.65. The van der Waals surface area contributed by atoms with Crippen molar-refractivity contribution in [2.45, 2.75) is 32.3 Å². The molecule has 3 nitrogen and oxygen atoms in total. The first kappa shape index (κ1) is 10.8. The number of carbonyl (C=O) groups excluding carboxylic acids is 1. The fourth-order valence-electron chi connectivity index (χ4n) is 2.49. The zero-order valence-corrected chi connectivity index (χ0v) is 10.0. The van der Waals surface area contributed by atoms with Crippen LogP contribution in [0.2, 0.25) is 0 Å². The van der Waals surface area contributed by atoms with Gasteiger partial charge in [0, 0.05) is 23.7 Å². The van der Waals surface area contributed by atoms with Crippen molar-refractivity contribution in [1.82, 2.24) is 0 Å². The first-order valence-corrected chi connectivity index (χ1v) is 6.27. The smallest absolute Gasteiger partial charge is 0.230 e. The van der Waals surface area contributed by atoms with Crippen molar-refractivity contribution >= 4 is 11.6 Å². The predicted molar refractivity (Wildman–Crippen MR) is 65.8 cm³/mol. The van der Waals surface area contributed by atoms with Gasteiger partial charge in [-0.3, -0.25) is 4.79 Å². The average Bonchev–Trinajstić information content (AvgIpc) is 3.13. The number of carbonyl (C=O) groups is 1. The molecule has 0 radical (unpaired) electrons. The van der Waals surface area contributed by atoms with Gasteiger partial charge in [0.1, 0.15) is 0 Å². The Morgan fingerprint density at radius 1 is 1.35 bits per heavy atom. The third-order valence-electron chi connectivity index (χ3n) is 3.65. The summed E-state index contributed by atoms with van der Waals surface area (Å²) >= 11 is 0. The zero-order valence-electron chi connectivity index (χ0n) is 10.0. The standard InChI is InChI=1S/C14H17NO2/c1-9-2-5-12-11(8-9)13(16)6-7-15(12)14(17)10-3-4-10/h2,5,8,10,13,16H,3-4,6-7H2,1H3. The van der Waals surface area contributed by atoms with E-state index in [0.29, 0.717) is 13.0 Å². The van der Waals surface area contributed by atoms with Crippen LogP contribution in [0.15, 0.2) is 18.2 Å². The van der Waals surface area contributed by atoms with E-state index in [1.165, 1.54) is 0 Å². The molecule has 0 aromatic heterocycles. The van der Waals surface area contributed by atoms with Gasteiger partial charge in [-0.15, -0.1) is 0 Å². The summed E-state index contributed by atoms with van der Waals surface area (Å²) in [5.41, 5.74) is 2.94. The number of aryl methyl sites for hydroxylation is 1. The Hall–Kier alpha value is -1.35. The van der Waals surface area contributed by atoms with E-state index in [1.54, 1.807) is 0 Å². The van der Waals surface area contributed by atoms with Gasteiger partial charge in [-0.2, -0.15) is 0 Å². The van der Waals surface area contributed by atoms with Crippen LogP contribution in [0.4, 0.5) is 5.69 Å². The topological polar surface area (TPSA) is 40.5 Å². The number of nitrogens with zero attached hydrogens (tertiary/aromatic N) is 1. The van der Waals surface area contributed by atoms with E-state index < -0.39 is 6.10 Å². The lowest BCUT2D eigenvalue weighted by Crippen LogP contribution is -2.37. The lowest BCUT2D eigenvalue weighted by atomic mass is 9.96. The third kappa shape index (κ3) is 1.84. The van der Waals surface area contributed by atoms with E-state index >= 15 is 0 Å². The van der Waals surface area contributed by atoms with Crippen LogP contribution in [0.5, 0.6) is 0 Å². The number of anilines is 1. The van der Waals surface area contributed by atoms with Gasteiger partial charge >= 0.3 is 0 Å². The van der Waals surface area contributed by atoms with Crippen LogP contribution in [0, 0.1) is 12.8 Å². The summed E-state index contributed by atoms with van der Waals surface area (Å²) in [7, 11) is 0. The van der Waals surface area contributed by atoms with Crippen LogP contribution in [0.25, 0.3) is 0 Å². The van der Waals surface area contributed by atoms with Crippen molar-refractivity contribution in [3.8, 4) is 0 Å². The Balaban J connectivity index is 1.99. The Kier molecular flexibility index (Phi) is 2.44. The maximum absolute atomic E-state index is 12.2. The molecule has 1 aromatic carbocycles. The molecule has 1 aliphatic heterocycles. The van der Waals surface area contributed by atoms with Gasteiger partial charge in [0.05, 0.1) is 6.10 Å². The minimum absolute atomic E-state index is 0.236. The van der Waals surface area contributed by atoms with E-state index in [9.17, 15) is 9.90 Å². The van der Waals surface area contributed by atoms with E-state index in [4.69, 9.17) is 0 Å². The molecular weight excluding hydrogens is 214 g/mol. The van der Waals surface area contributed by atoms with Gasteiger partial charge in [-0.05, 0) is 32.3 Å². The molecule has 1 fully saturated rings. The van der Waals surface area contributed by atoms with Gasteiger partial charge in [0.15, 0.2) is 0 Å². The van der Waals surface area contributed by atoms with Crippen LogP contribution in [0.1, 0.15) is 36.5 Å². The quantitative estimate of drug-likeness (QED) is 0.804. The molecule has 1 aliphatic carbocycles. The number of aliphatic hydroxyl groups excluding tert-OH is 1. The fraction of sp³-hybridized carbons (Fsp3) is 0.500. The lowest BCUT2D eigenvalue weighted by Gasteiger charge is -2.32. The maximum atomic E-state index is 12.2. The van der Waals surface area contributed by atoms with Gasteiger partial charge < -0.3 is 10.0 Å². The summed E-state index contributed by atoms with van der Waals surface area (Å²) in [5, 5.41) is 10.0. The summed E-state index contributed by atoms with van der Waals surface area (Å²) in [6.45, 7) is 2.65. The first-order chi connectivity index (χ1) is 8.16. The maximum Gasteiger partial charge on any atom is 0.230 e. The van der Waals surface area contributed by atoms with E-state index in [0.717, 1.165) is 29.7 Å². The number of hydrogen-bond donors (Lipinski definition) is 1. The average molecular weight is 231 g/mol. The van der Waals surface area contributed by atoms with Crippen LogP contribution in [-0.2, 0) is 4.79 Å². The van der Waals surface area contributed by atoms with Crippen molar-refractivity contribution in [2.24, 2.45) is 5.92 Å². The van der Waals surface area contributed by atoms with Gasteiger partial charge in [-0.1, -0.05) is 17.7 Å². The molecule has 0 bridgehead atoms. The fourth-order valence-corrected chi connectivity index (χ4v) is 2.49. The SMILES string of the molecule is Cc1ccc2c(c1)C(O)CCN2C(=O)C1CC1. The van der Waals surface area contributed by atoms with Gasteiger partial charge in [0.25, 0.3) is 0 Å². The van der Waals surface area contributed by atoms with Crippen molar-refractivity contribution in [2.75, 3.05) is 11.4 Å². The molecule has 0 saturated heterocycles. The molecule has 17 heavy (non-hydrogen) atoms. The second-order valence-corrected chi connectivity index (χ2v) is 5.13. The molecule has 90 valence electrons. The van der Waals surface area contributed by atoms with Crippen LogP contribution >= 0.6 is 0 Å². The summed E-state index contributed by atoms with van der Waals surface area (Å²) in [6, 6.07) is 5.96. The highest BCUT2D eigenvalue weighted by Crippen LogP contribution is 2.38. The van der Waals surface area contributed by atoms with E-state index in [-0.39, 0.29) is 11.8 Å². The normalized spacial score (nSPS) is 23.4. The monoisotopic (exact) mass is 231 g/mol. The second-order valence-electron chi connectivity index (χ2n) is 5.13. The molecule has 1 unspecified atom stereocenters. The molecule has 1 amide bonds. The van der Waals surface area contributed by atoms with Crippen molar-refractivity contribution < 1.29 is 9.90 Å². The number of hydrogen-bond acceptors (Lipinski definition) is 2. The number of rotatable bonds is 1. The predicted octanol–water partition coefficient (Wildman–Crippen LogP) is 2.18. The highest BCUT2D eigenvalue weighted by atomic mass is 16.3. The largest absolute Gasteiger partial charge is 0.388 e. The molecule has 1 saturated carbocycles. The second kappa shape index (κ2) is 3.84. The van der Waals surface area contributed by atoms with Gasteiger partial charge in [0.2, 0.25) is 5.91 Å². The van der Waals surface area contributed by atoms with E-state index in [2.05, 4.69) is 0 Å². The molecule has 2 aliphatic rings. The van der Waals surface area contributed by atoms with Crippen molar-refractivity contribution in [1.29, 1.82) is 0 Å². The lowest BCUT2D eigenvalue weighted by molar-refractivity contribution is -0.120. The van der Waals surface area contributed by atoms with E-state index in [1.807, 2.05) is 30.0 Å². The van der Waals surface area contributed by atoms with Crippen molar-refractivity contribution in [3.05, 3.63) is 29.3 Å². The molecule has 1 N–H and O–H groups in total. The van der Waals surface area contributed by atoms with Crippen LogP contribution in [-0.4, -0.2) is 17.6 Å². The number of amides is 1. The minimum Gasteiger partial charge on any atom is -0.388 e. The Bertz CT molecular complexity index is 465. The Labute approximate surface area is 101 Å². The highest BCUT2D eigenvalue weighted by molar-refractivity contribution is 5.97. The summed E-state index contributed by atoms with van der Waals surface area (Å²) < 4.78 is 0. The van der Waals surface area contributed by atoms with Crippen molar-refractivity contribution in [3.63, 3.8) is 0 Å². The molecule has 0 spiro atoms.